The molecule has 0 unspecified atom stereocenters. The number of hydrogen-bond acceptors (Lipinski definition) is 7. The predicted molar refractivity (Wildman–Crippen MR) is 125 cm³/mol. The van der Waals surface area contributed by atoms with Crippen molar-refractivity contribution in [3.63, 3.8) is 0 Å². The lowest BCUT2D eigenvalue weighted by atomic mass is 9.94. The van der Waals surface area contributed by atoms with Crippen molar-refractivity contribution in [1.82, 2.24) is 4.90 Å². The summed E-state index contributed by atoms with van der Waals surface area (Å²) in [6.07, 6.45) is 0. The molecule has 34 heavy (non-hydrogen) atoms. The lowest BCUT2D eigenvalue weighted by molar-refractivity contribution is -0.384. The van der Waals surface area contributed by atoms with Crippen molar-refractivity contribution in [2.75, 3.05) is 26.9 Å². The van der Waals surface area contributed by atoms with Crippen LogP contribution in [-0.4, -0.2) is 53.5 Å². The third-order valence-corrected chi connectivity index (χ3v) is 5.52. The van der Waals surface area contributed by atoms with Crippen LogP contribution in [0.4, 0.5) is 5.69 Å². The normalized spacial score (nSPS) is 17.4. The number of ether oxygens (including phenoxy) is 2. The van der Waals surface area contributed by atoms with E-state index in [1.165, 1.54) is 36.3 Å². The zero-order valence-electron chi connectivity index (χ0n) is 19.6. The molecular formula is C25H28N2O7. The summed E-state index contributed by atoms with van der Waals surface area (Å²) in [5.74, 6) is -0.902. The summed E-state index contributed by atoms with van der Waals surface area (Å²) in [6, 6.07) is 9.70. The van der Waals surface area contributed by atoms with Crippen LogP contribution in [0, 0.1) is 23.0 Å². The average molecular weight is 469 g/mol. The maximum atomic E-state index is 13.0. The maximum absolute atomic E-state index is 13.0. The quantitative estimate of drug-likeness (QED) is 0.194. The number of nitro groups is 1. The summed E-state index contributed by atoms with van der Waals surface area (Å²) in [5.41, 5.74) is 1.41. The van der Waals surface area contributed by atoms with Gasteiger partial charge in [-0.15, -0.1) is 0 Å². The van der Waals surface area contributed by atoms with Crippen molar-refractivity contribution < 1.29 is 29.1 Å². The van der Waals surface area contributed by atoms with Gasteiger partial charge in [0.1, 0.15) is 11.5 Å². The van der Waals surface area contributed by atoms with Crippen LogP contribution >= 0.6 is 0 Å². The number of ketones is 1. The second kappa shape index (κ2) is 10.5. The van der Waals surface area contributed by atoms with Crippen LogP contribution in [0.25, 0.3) is 5.76 Å². The number of likely N-dealkylation sites (tertiary alicyclic amines) is 1. The molecule has 0 radical (unpaired) electrons. The van der Waals surface area contributed by atoms with Crippen molar-refractivity contribution in [2.45, 2.75) is 26.8 Å². The number of carbonyl (C=O) groups is 2. The van der Waals surface area contributed by atoms with Crippen molar-refractivity contribution in [1.29, 1.82) is 0 Å². The molecule has 9 nitrogen and oxygen atoms in total. The number of nitro benzene ring substituents is 1. The molecule has 1 N–H and O–H groups in total. The molecule has 2 aromatic rings. The van der Waals surface area contributed by atoms with E-state index in [9.17, 15) is 24.8 Å². The first-order valence-corrected chi connectivity index (χ1v) is 10.9. The van der Waals surface area contributed by atoms with Gasteiger partial charge in [-0.25, -0.2) is 0 Å². The number of methoxy groups -OCH3 is 1. The lowest BCUT2D eigenvalue weighted by Gasteiger charge is -2.25. The zero-order valence-corrected chi connectivity index (χ0v) is 19.6. The van der Waals surface area contributed by atoms with E-state index in [4.69, 9.17) is 9.47 Å². The topological polar surface area (TPSA) is 119 Å². The van der Waals surface area contributed by atoms with E-state index >= 15 is 0 Å². The highest BCUT2D eigenvalue weighted by Gasteiger charge is 2.46. The highest BCUT2D eigenvalue weighted by Crippen LogP contribution is 2.40. The fraction of sp³-hybridized carbons (Fsp3) is 0.360. The maximum Gasteiger partial charge on any atom is 0.295 e. The number of benzene rings is 2. The number of aryl methyl sites for hydroxylation is 1. The Labute approximate surface area is 197 Å². The Morgan fingerprint density at radius 3 is 2.41 bits per heavy atom. The van der Waals surface area contributed by atoms with Crippen molar-refractivity contribution in [2.24, 2.45) is 5.92 Å². The van der Waals surface area contributed by atoms with Gasteiger partial charge in [0.2, 0.25) is 0 Å². The Morgan fingerprint density at radius 2 is 1.85 bits per heavy atom. The van der Waals surface area contributed by atoms with E-state index in [1.807, 2.05) is 20.8 Å². The van der Waals surface area contributed by atoms with E-state index < -0.39 is 22.7 Å². The Bertz CT molecular complexity index is 1120. The van der Waals surface area contributed by atoms with Crippen molar-refractivity contribution >= 4 is 23.1 Å². The first kappa shape index (κ1) is 24.9. The highest BCUT2D eigenvalue weighted by molar-refractivity contribution is 6.46. The number of carbonyl (C=O) groups excluding carboxylic acids is 2. The summed E-state index contributed by atoms with van der Waals surface area (Å²) in [7, 11) is 1.48. The minimum Gasteiger partial charge on any atom is -0.507 e. The Hall–Kier alpha value is -3.72. The lowest BCUT2D eigenvalue weighted by Crippen LogP contribution is -2.32. The van der Waals surface area contributed by atoms with Crippen LogP contribution in [0.2, 0.25) is 0 Å². The molecule has 0 aromatic heterocycles. The summed E-state index contributed by atoms with van der Waals surface area (Å²) in [6.45, 7) is 6.74. The fourth-order valence-electron chi connectivity index (χ4n) is 3.80. The average Bonchev–Trinajstić information content (AvgIpc) is 3.06. The Morgan fingerprint density at radius 1 is 1.18 bits per heavy atom. The third-order valence-electron chi connectivity index (χ3n) is 5.52. The molecule has 1 amide bonds. The molecule has 1 aliphatic heterocycles. The van der Waals surface area contributed by atoms with Crippen LogP contribution in [0.1, 0.15) is 36.6 Å². The second-order valence-corrected chi connectivity index (χ2v) is 8.52. The van der Waals surface area contributed by atoms with E-state index in [0.29, 0.717) is 29.4 Å². The van der Waals surface area contributed by atoms with Gasteiger partial charge in [-0.1, -0.05) is 13.8 Å². The van der Waals surface area contributed by atoms with Gasteiger partial charge in [0.05, 0.1) is 29.8 Å². The van der Waals surface area contributed by atoms with Crippen LogP contribution in [0.15, 0.2) is 48.0 Å². The molecule has 0 bridgehead atoms. The van der Waals surface area contributed by atoms with E-state index in [-0.39, 0.29) is 30.2 Å². The van der Waals surface area contributed by atoms with Crippen LogP contribution in [0.3, 0.4) is 0 Å². The molecular weight excluding hydrogens is 440 g/mol. The summed E-state index contributed by atoms with van der Waals surface area (Å²) >= 11 is 0. The second-order valence-electron chi connectivity index (χ2n) is 8.52. The molecule has 1 aliphatic rings. The van der Waals surface area contributed by atoms with Gasteiger partial charge in [0.15, 0.2) is 0 Å². The van der Waals surface area contributed by atoms with Gasteiger partial charge in [0, 0.05) is 31.4 Å². The largest absolute Gasteiger partial charge is 0.507 e. The predicted octanol–water partition coefficient (Wildman–Crippen LogP) is 4.01. The van der Waals surface area contributed by atoms with E-state index in [1.54, 1.807) is 18.2 Å². The molecule has 1 saturated heterocycles. The SMILES string of the molecule is COCCN1C(=O)C(=O)C(=C(O)c2ccc(OCC(C)C)c(C)c2)[C@@H]1c1ccc([N+](=O)[O-])cc1. The van der Waals surface area contributed by atoms with Gasteiger partial charge in [0.25, 0.3) is 17.4 Å². The van der Waals surface area contributed by atoms with Gasteiger partial charge in [-0.05, 0) is 54.3 Å². The molecule has 3 rings (SSSR count). The standard InChI is InChI=1S/C25H28N2O7/c1-15(2)14-34-20-10-7-18(13-16(20)3)23(28)21-22(17-5-8-19(9-6-17)27(31)32)26(11-12-33-4)25(30)24(21)29/h5-10,13,15,22,28H,11-12,14H2,1-4H3/t22-/m0/s1. The monoisotopic (exact) mass is 468 g/mol. The molecule has 0 saturated carbocycles. The van der Waals surface area contributed by atoms with Gasteiger partial charge in [-0.2, -0.15) is 0 Å². The van der Waals surface area contributed by atoms with E-state index in [2.05, 4.69) is 0 Å². The van der Waals surface area contributed by atoms with Gasteiger partial charge >= 0.3 is 0 Å². The van der Waals surface area contributed by atoms with E-state index in [0.717, 1.165) is 5.56 Å². The first-order chi connectivity index (χ1) is 16.1. The number of amides is 1. The Kier molecular flexibility index (Phi) is 7.68. The van der Waals surface area contributed by atoms with Gasteiger partial charge in [-0.3, -0.25) is 19.7 Å². The smallest absolute Gasteiger partial charge is 0.295 e. The zero-order chi connectivity index (χ0) is 25.0. The molecule has 0 aliphatic carbocycles. The van der Waals surface area contributed by atoms with Crippen molar-refractivity contribution in [3.8, 4) is 5.75 Å². The fourth-order valence-corrected chi connectivity index (χ4v) is 3.80. The summed E-state index contributed by atoms with van der Waals surface area (Å²) in [4.78, 5) is 37.7. The number of rotatable bonds is 9. The number of aliphatic hydroxyl groups is 1. The number of non-ortho nitro benzene ring substituents is 1. The minimum atomic E-state index is -0.909. The first-order valence-electron chi connectivity index (χ1n) is 10.9. The molecule has 0 spiro atoms. The number of nitrogens with zero attached hydrogens (tertiary/aromatic N) is 2. The Balaban J connectivity index is 2.08. The highest BCUT2D eigenvalue weighted by atomic mass is 16.6. The minimum absolute atomic E-state index is 0.0785. The number of Topliss-reactive ketones (excluding diaryl/α,β-unsaturated/α-hetero) is 1. The molecule has 9 heteroatoms. The summed E-state index contributed by atoms with van der Waals surface area (Å²) in [5, 5.41) is 22.2. The molecule has 1 heterocycles. The van der Waals surface area contributed by atoms with Gasteiger partial charge < -0.3 is 19.5 Å². The summed E-state index contributed by atoms with van der Waals surface area (Å²) < 4.78 is 10.9. The van der Waals surface area contributed by atoms with Crippen LogP contribution in [0.5, 0.6) is 5.75 Å². The van der Waals surface area contributed by atoms with Crippen molar-refractivity contribution in [3.05, 3.63) is 74.8 Å². The third kappa shape index (κ3) is 5.09. The number of hydrogen-bond donors (Lipinski definition) is 1. The number of aliphatic hydroxyl groups excluding tert-OH is 1. The van der Waals surface area contributed by atoms with Crippen LogP contribution < -0.4 is 4.74 Å². The molecule has 1 fully saturated rings. The van der Waals surface area contributed by atoms with Crippen LogP contribution in [-0.2, 0) is 14.3 Å². The molecule has 2 aromatic carbocycles. The molecule has 1 atom stereocenters. The molecule has 180 valence electrons.